The van der Waals surface area contributed by atoms with Crippen molar-refractivity contribution < 1.29 is 0 Å². The Morgan fingerprint density at radius 3 is 2.75 bits per heavy atom. The lowest BCUT2D eigenvalue weighted by Crippen LogP contribution is -1.92. The minimum absolute atomic E-state index is 0.606. The van der Waals surface area contributed by atoms with Gasteiger partial charge >= 0.3 is 0 Å². The molecule has 3 heteroatoms. The van der Waals surface area contributed by atoms with Crippen molar-refractivity contribution >= 4 is 11.8 Å². The molecule has 1 N–H and O–H groups in total. The highest BCUT2D eigenvalue weighted by Crippen LogP contribution is 2.25. The van der Waals surface area contributed by atoms with Crippen LogP contribution in [0.25, 0.3) is 11.3 Å². The number of benzene rings is 1. The first-order chi connectivity index (χ1) is 7.79. The topological polar surface area (TPSA) is 28.7 Å². The summed E-state index contributed by atoms with van der Waals surface area (Å²) in [5.74, 6) is 0. The molecule has 0 bridgehead atoms. The quantitative estimate of drug-likeness (QED) is 0.808. The summed E-state index contributed by atoms with van der Waals surface area (Å²) >= 11 is 1.79. The number of aromatic nitrogens is 2. The number of H-pyrrole nitrogens is 1. The molecule has 0 aliphatic heterocycles. The fourth-order valence-electron chi connectivity index (χ4n) is 1.40. The average molecular weight is 232 g/mol. The SMILES string of the molecule is CCC(C)Sc1ncc(-c2ccccc2)[nH]1. The van der Waals surface area contributed by atoms with Crippen molar-refractivity contribution in [3.05, 3.63) is 36.5 Å². The van der Waals surface area contributed by atoms with E-state index in [9.17, 15) is 0 Å². The summed E-state index contributed by atoms with van der Waals surface area (Å²) in [7, 11) is 0. The Labute approximate surface area is 101 Å². The van der Waals surface area contributed by atoms with Crippen molar-refractivity contribution in [2.75, 3.05) is 0 Å². The summed E-state index contributed by atoms with van der Waals surface area (Å²) in [4.78, 5) is 7.73. The zero-order chi connectivity index (χ0) is 11.4. The maximum Gasteiger partial charge on any atom is 0.166 e. The molecule has 1 aromatic heterocycles. The van der Waals surface area contributed by atoms with Crippen LogP contribution in [-0.2, 0) is 0 Å². The molecule has 0 saturated heterocycles. The Kier molecular flexibility index (Phi) is 3.67. The fraction of sp³-hybridized carbons (Fsp3) is 0.308. The van der Waals surface area contributed by atoms with Gasteiger partial charge in [0.2, 0.25) is 0 Å². The number of hydrogen-bond donors (Lipinski definition) is 1. The van der Waals surface area contributed by atoms with Crippen molar-refractivity contribution in [2.45, 2.75) is 30.7 Å². The minimum atomic E-state index is 0.606. The maximum atomic E-state index is 4.39. The molecule has 2 aromatic rings. The van der Waals surface area contributed by atoms with E-state index in [0.717, 1.165) is 17.3 Å². The largest absolute Gasteiger partial charge is 0.333 e. The molecule has 2 rings (SSSR count). The van der Waals surface area contributed by atoms with Crippen LogP contribution in [0.15, 0.2) is 41.7 Å². The van der Waals surface area contributed by atoms with E-state index in [2.05, 4.69) is 35.9 Å². The highest BCUT2D eigenvalue weighted by atomic mass is 32.2. The van der Waals surface area contributed by atoms with Gasteiger partial charge in [0, 0.05) is 5.25 Å². The smallest absolute Gasteiger partial charge is 0.166 e. The molecule has 1 heterocycles. The first kappa shape index (κ1) is 11.3. The van der Waals surface area contributed by atoms with Crippen LogP contribution in [0.5, 0.6) is 0 Å². The summed E-state index contributed by atoms with van der Waals surface area (Å²) in [5, 5.41) is 1.61. The number of nitrogens with one attached hydrogen (secondary N) is 1. The van der Waals surface area contributed by atoms with Crippen LogP contribution in [0.4, 0.5) is 0 Å². The Morgan fingerprint density at radius 2 is 2.06 bits per heavy atom. The van der Waals surface area contributed by atoms with E-state index in [0.29, 0.717) is 5.25 Å². The predicted molar refractivity (Wildman–Crippen MR) is 69.6 cm³/mol. The maximum absolute atomic E-state index is 4.39. The van der Waals surface area contributed by atoms with Gasteiger partial charge in [-0.1, -0.05) is 55.9 Å². The molecule has 0 aliphatic carbocycles. The molecular formula is C13H16N2S. The van der Waals surface area contributed by atoms with Crippen molar-refractivity contribution in [3.8, 4) is 11.3 Å². The normalized spacial score (nSPS) is 12.6. The van der Waals surface area contributed by atoms with E-state index >= 15 is 0 Å². The highest BCUT2D eigenvalue weighted by molar-refractivity contribution is 7.99. The van der Waals surface area contributed by atoms with Crippen LogP contribution in [0, 0.1) is 0 Å². The standard InChI is InChI=1S/C13H16N2S/c1-3-10(2)16-13-14-9-12(15-13)11-7-5-4-6-8-11/h4-10H,3H2,1-2H3,(H,14,15). The lowest BCUT2D eigenvalue weighted by Gasteiger charge is -2.03. The fourth-order valence-corrected chi connectivity index (χ4v) is 2.23. The molecule has 1 aromatic carbocycles. The van der Waals surface area contributed by atoms with E-state index in [1.54, 1.807) is 11.8 Å². The Balaban J connectivity index is 2.14. The number of rotatable bonds is 4. The molecule has 0 aliphatic rings. The Hall–Kier alpha value is -1.22. The van der Waals surface area contributed by atoms with E-state index in [-0.39, 0.29) is 0 Å². The van der Waals surface area contributed by atoms with Crippen LogP contribution < -0.4 is 0 Å². The molecular weight excluding hydrogens is 216 g/mol. The van der Waals surface area contributed by atoms with Gasteiger partial charge in [0.05, 0.1) is 11.9 Å². The number of aromatic amines is 1. The lowest BCUT2D eigenvalue weighted by molar-refractivity contribution is 0.895. The second-order valence-corrected chi connectivity index (χ2v) is 5.23. The molecule has 0 fully saturated rings. The van der Waals surface area contributed by atoms with Gasteiger partial charge in [-0.15, -0.1) is 0 Å². The molecule has 1 unspecified atom stereocenters. The molecule has 0 spiro atoms. The summed E-state index contributed by atoms with van der Waals surface area (Å²) < 4.78 is 0. The van der Waals surface area contributed by atoms with Crippen LogP contribution >= 0.6 is 11.8 Å². The third-order valence-corrected chi connectivity index (χ3v) is 3.69. The molecule has 1 atom stereocenters. The molecule has 16 heavy (non-hydrogen) atoms. The zero-order valence-electron chi connectivity index (χ0n) is 9.60. The minimum Gasteiger partial charge on any atom is -0.333 e. The van der Waals surface area contributed by atoms with Crippen LogP contribution in [-0.4, -0.2) is 15.2 Å². The summed E-state index contributed by atoms with van der Waals surface area (Å²) in [6, 6.07) is 10.3. The first-order valence-electron chi connectivity index (χ1n) is 5.56. The molecule has 84 valence electrons. The summed E-state index contributed by atoms with van der Waals surface area (Å²) in [5.41, 5.74) is 2.28. The van der Waals surface area contributed by atoms with E-state index in [1.165, 1.54) is 5.56 Å². The average Bonchev–Trinajstić information content (AvgIpc) is 2.78. The van der Waals surface area contributed by atoms with E-state index in [4.69, 9.17) is 0 Å². The summed E-state index contributed by atoms with van der Waals surface area (Å²) in [6.07, 6.45) is 3.06. The van der Waals surface area contributed by atoms with Gasteiger partial charge in [0.15, 0.2) is 5.16 Å². The number of imidazole rings is 1. The van der Waals surface area contributed by atoms with Crippen molar-refractivity contribution in [3.63, 3.8) is 0 Å². The third kappa shape index (κ3) is 2.67. The van der Waals surface area contributed by atoms with Gasteiger partial charge in [-0.2, -0.15) is 0 Å². The Bertz CT molecular complexity index is 436. The Morgan fingerprint density at radius 1 is 1.31 bits per heavy atom. The second kappa shape index (κ2) is 5.21. The molecule has 0 radical (unpaired) electrons. The van der Waals surface area contributed by atoms with Crippen LogP contribution in [0.1, 0.15) is 20.3 Å². The lowest BCUT2D eigenvalue weighted by atomic mass is 10.2. The van der Waals surface area contributed by atoms with Crippen LogP contribution in [0.3, 0.4) is 0 Å². The van der Waals surface area contributed by atoms with Gasteiger partial charge in [-0.25, -0.2) is 4.98 Å². The van der Waals surface area contributed by atoms with E-state index < -0.39 is 0 Å². The van der Waals surface area contributed by atoms with Crippen molar-refractivity contribution in [1.29, 1.82) is 0 Å². The molecule has 0 saturated carbocycles. The predicted octanol–water partition coefficient (Wildman–Crippen LogP) is 3.97. The zero-order valence-corrected chi connectivity index (χ0v) is 10.4. The van der Waals surface area contributed by atoms with E-state index in [1.807, 2.05) is 24.4 Å². The third-order valence-electron chi connectivity index (χ3n) is 2.53. The molecule has 0 amide bonds. The first-order valence-corrected chi connectivity index (χ1v) is 6.44. The number of thioether (sulfide) groups is 1. The number of hydrogen-bond acceptors (Lipinski definition) is 2. The monoisotopic (exact) mass is 232 g/mol. The van der Waals surface area contributed by atoms with Crippen LogP contribution in [0.2, 0.25) is 0 Å². The van der Waals surface area contributed by atoms with Gasteiger partial charge in [0.25, 0.3) is 0 Å². The highest BCUT2D eigenvalue weighted by Gasteiger charge is 2.06. The number of nitrogens with zero attached hydrogens (tertiary/aromatic N) is 1. The van der Waals surface area contributed by atoms with Crippen molar-refractivity contribution in [2.24, 2.45) is 0 Å². The molecule has 2 nitrogen and oxygen atoms in total. The van der Waals surface area contributed by atoms with Gasteiger partial charge in [-0.05, 0) is 12.0 Å². The summed E-state index contributed by atoms with van der Waals surface area (Å²) in [6.45, 7) is 4.41. The van der Waals surface area contributed by atoms with Crippen molar-refractivity contribution in [1.82, 2.24) is 9.97 Å². The van der Waals surface area contributed by atoms with Gasteiger partial charge < -0.3 is 4.98 Å². The van der Waals surface area contributed by atoms with Gasteiger partial charge in [0.1, 0.15) is 0 Å². The second-order valence-electron chi connectivity index (χ2n) is 3.80. The van der Waals surface area contributed by atoms with Gasteiger partial charge in [-0.3, -0.25) is 0 Å².